The van der Waals surface area contributed by atoms with Crippen molar-refractivity contribution in [2.75, 3.05) is 23.4 Å². The lowest BCUT2D eigenvalue weighted by atomic mass is 10.0. The molecule has 4 nitrogen and oxygen atoms in total. The largest absolute Gasteiger partial charge is 0.493 e. The molecule has 1 aliphatic rings. The van der Waals surface area contributed by atoms with Crippen molar-refractivity contribution in [2.45, 2.75) is 46.1 Å². The maximum Gasteiger partial charge on any atom is 0.255 e. The number of benzene rings is 2. The summed E-state index contributed by atoms with van der Waals surface area (Å²) in [5, 5.41) is 2.97. The fourth-order valence-corrected chi connectivity index (χ4v) is 3.39. The van der Waals surface area contributed by atoms with Gasteiger partial charge in [0, 0.05) is 29.5 Å². The third-order valence-electron chi connectivity index (χ3n) is 4.96. The lowest BCUT2D eigenvalue weighted by Gasteiger charge is -2.35. The number of hydrogen-bond donors (Lipinski definition) is 1. The van der Waals surface area contributed by atoms with E-state index in [2.05, 4.69) is 43.1 Å². The standard InChI is InChI=1S/C23H30N2O2/c1-17(2)16-27-22-13-7-19(8-14-22)23(26)24-20-9-11-21(12-10-20)25-15-5-4-6-18(25)3/h7-14,17-18H,4-6,15-16H2,1-3H3,(H,24,26)/t18-/m0/s1. The lowest BCUT2D eigenvalue weighted by molar-refractivity contribution is 0.102. The Labute approximate surface area is 162 Å². The van der Waals surface area contributed by atoms with Crippen molar-refractivity contribution in [2.24, 2.45) is 5.92 Å². The molecule has 1 saturated heterocycles. The van der Waals surface area contributed by atoms with Gasteiger partial charge in [-0.1, -0.05) is 13.8 Å². The van der Waals surface area contributed by atoms with E-state index in [9.17, 15) is 4.79 Å². The van der Waals surface area contributed by atoms with Crippen LogP contribution in [0.25, 0.3) is 0 Å². The third kappa shape index (κ3) is 5.25. The number of anilines is 2. The van der Waals surface area contributed by atoms with Crippen molar-refractivity contribution in [1.29, 1.82) is 0 Å². The summed E-state index contributed by atoms with van der Waals surface area (Å²) in [6, 6.07) is 16.0. The first kappa shape index (κ1) is 19.3. The first-order valence-electron chi connectivity index (χ1n) is 9.94. The maximum atomic E-state index is 12.5. The van der Waals surface area contributed by atoms with Crippen LogP contribution in [-0.4, -0.2) is 25.1 Å². The van der Waals surface area contributed by atoms with Gasteiger partial charge in [-0.05, 0) is 80.6 Å². The Morgan fingerprint density at radius 3 is 2.44 bits per heavy atom. The van der Waals surface area contributed by atoms with Crippen LogP contribution in [0, 0.1) is 5.92 Å². The minimum atomic E-state index is -0.107. The summed E-state index contributed by atoms with van der Waals surface area (Å²) in [5.74, 6) is 1.16. The molecule has 0 saturated carbocycles. The van der Waals surface area contributed by atoms with Gasteiger partial charge < -0.3 is 15.0 Å². The first-order chi connectivity index (χ1) is 13.0. The zero-order valence-corrected chi connectivity index (χ0v) is 16.6. The van der Waals surface area contributed by atoms with Crippen molar-refractivity contribution < 1.29 is 9.53 Å². The number of carbonyl (C=O) groups excluding carboxylic acids is 1. The zero-order valence-electron chi connectivity index (χ0n) is 16.6. The summed E-state index contributed by atoms with van der Waals surface area (Å²) in [6.45, 7) is 8.28. The van der Waals surface area contributed by atoms with E-state index in [0.717, 1.165) is 18.0 Å². The monoisotopic (exact) mass is 366 g/mol. The average molecular weight is 367 g/mol. The van der Waals surface area contributed by atoms with Crippen molar-refractivity contribution >= 4 is 17.3 Å². The second-order valence-electron chi connectivity index (χ2n) is 7.77. The van der Waals surface area contributed by atoms with E-state index in [1.165, 1.54) is 24.9 Å². The predicted octanol–water partition coefficient (Wildman–Crippen LogP) is 5.35. The molecule has 0 spiro atoms. The fourth-order valence-electron chi connectivity index (χ4n) is 3.39. The molecule has 4 heteroatoms. The molecule has 2 aromatic rings. The number of ether oxygens (including phenoxy) is 1. The summed E-state index contributed by atoms with van der Waals surface area (Å²) >= 11 is 0. The van der Waals surface area contributed by atoms with Crippen LogP contribution < -0.4 is 15.0 Å². The molecule has 144 valence electrons. The molecule has 0 bridgehead atoms. The van der Waals surface area contributed by atoms with Crippen LogP contribution in [0.5, 0.6) is 5.75 Å². The minimum Gasteiger partial charge on any atom is -0.493 e. The normalized spacial score (nSPS) is 17.0. The molecule has 1 atom stereocenters. The van der Waals surface area contributed by atoms with Gasteiger partial charge in [0.05, 0.1) is 6.61 Å². The quantitative estimate of drug-likeness (QED) is 0.749. The van der Waals surface area contributed by atoms with E-state index in [0.29, 0.717) is 24.1 Å². The molecule has 0 aromatic heterocycles. The van der Waals surface area contributed by atoms with Crippen molar-refractivity contribution in [1.82, 2.24) is 0 Å². The molecular weight excluding hydrogens is 336 g/mol. The molecule has 0 aliphatic carbocycles. The van der Waals surface area contributed by atoms with E-state index in [4.69, 9.17) is 4.74 Å². The van der Waals surface area contributed by atoms with Gasteiger partial charge in [-0.25, -0.2) is 0 Å². The third-order valence-corrected chi connectivity index (χ3v) is 4.96. The SMILES string of the molecule is CC(C)COc1ccc(C(=O)Nc2ccc(N3CCCC[C@@H]3C)cc2)cc1. The molecule has 0 unspecified atom stereocenters. The molecule has 1 aliphatic heterocycles. The molecule has 27 heavy (non-hydrogen) atoms. The molecular formula is C23H30N2O2. The summed E-state index contributed by atoms with van der Waals surface area (Å²) in [5.41, 5.74) is 2.67. The van der Waals surface area contributed by atoms with E-state index in [-0.39, 0.29) is 5.91 Å². The van der Waals surface area contributed by atoms with Gasteiger partial charge in [0.25, 0.3) is 5.91 Å². The summed E-state index contributed by atoms with van der Waals surface area (Å²) in [4.78, 5) is 14.9. The molecule has 0 radical (unpaired) electrons. The van der Waals surface area contributed by atoms with Crippen LogP contribution in [0.15, 0.2) is 48.5 Å². The Balaban J connectivity index is 1.59. The molecule has 1 N–H and O–H groups in total. The molecule has 1 amide bonds. The van der Waals surface area contributed by atoms with Gasteiger partial charge in [-0.15, -0.1) is 0 Å². The summed E-state index contributed by atoms with van der Waals surface area (Å²) in [7, 11) is 0. The minimum absolute atomic E-state index is 0.107. The van der Waals surface area contributed by atoms with Crippen LogP contribution in [-0.2, 0) is 0 Å². The summed E-state index contributed by atoms with van der Waals surface area (Å²) in [6.07, 6.45) is 3.81. The highest BCUT2D eigenvalue weighted by Crippen LogP contribution is 2.26. The van der Waals surface area contributed by atoms with Crippen LogP contribution >= 0.6 is 0 Å². The number of piperidine rings is 1. The maximum absolute atomic E-state index is 12.5. The Morgan fingerprint density at radius 1 is 1.11 bits per heavy atom. The molecule has 1 heterocycles. The Bertz CT molecular complexity index is 738. The number of nitrogens with one attached hydrogen (secondary N) is 1. The van der Waals surface area contributed by atoms with Gasteiger partial charge in [0.15, 0.2) is 0 Å². The van der Waals surface area contributed by atoms with E-state index >= 15 is 0 Å². The topological polar surface area (TPSA) is 41.6 Å². The van der Waals surface area contributed by atoms with Crippen LogP contribution in [0.3, 0.4) is 0 Å². The van der Waals surface area contributed by atoms with Crippen molar-refractivity contribution in [3.05, 3.63) is 54.1 Å². The molecule has 3 rings (SSSR count). The smallest absolute Gasteiger partial charge is 0.255 e. The van der Waals surface area contributed by atoms with Crippen LogP contribution in [0.4, 0.5) is 11.4 Å². The van der Waals surface area contributed by atoms with Gasteiger partial charge in [-0.2, -0.15) is 0 Å². The highest BCUT2D eigenvalue weighted by molar-refractivity contribution is 6.04. The lowest BCUT2D eigenvalue weighted by Crippen LogP contribution is -2.37. The Morgan fingerprint density at radius 2 is 1.81 bits per heavy atom. The van der Waals surface area contributed by atoms with Crippen LogP contribution in [0.1, 0.15) is 50.4 Å². The van der Waals surface area contributed by atoms with Crippen molar-refractivity contribution in [3.63, 3.8) is 0 Å². The number of carbonyl (C=O) groups is 1. The number of nitrogens with zero attached hydrogens (tertiary/aromatic N) is 1. The van der Waals surface area contributed by atoms with Crippen LogP contribution in [0.2, 0.25) is 0 Å². The van der Waals surface area contributed by atoms with E-state index in [1.54, 1.807) is 12.1 Å². The van der Waals surface area contributed by atoms with E-state index in [1.807, 2.05) is 24.3 Å². The Kier molecular flexibility index (Phi) is 6.38. The van der Waals surface area contributed by atoms with Crippen molar-refractivity contribution in [3.8, 4) is 5.75 Å². The fraction of sp³-hybridized carbons (Fsp3) is 0.435. The van der Waals surface area contributed by atoms with Gasteiger partial charge >= 0.3 is 0 Å². The number of rotatable bonds is 6. The summed E-state index contributed by atoms with van der Waals surface area (Å²) < 4.78 is 5.66. The second-order valence-corrected chi connectivity index (χ2v) is 7.77. The first-order valence-corrected chi connectivity index (χ1v) is 9.94. The van der Waals surface area contributed by atoms with Gasteiger partial charge in [-0.3, -0.25) is 4.79 Å². The predicted molar refractivity (Wildman–Crippen MR) is 112 cm³/mol. The average Bonchev–Trinajstić information content (AvgIpc) is 2.68. The highest BCUT2D eigenvalue weighted by Gasteiger charge is 2.18. The number of hydrogen-bond acceptors (Lipinski definition) is 3. The Hall–Kier alpha value is -2.49. The second kappa shape index (κ2) is 8.94. The number of amides is 1. The molecule has 2 aromatic carbocycles. The van der Waals surface area contributed by atoms with Gasteiger partial charge in [0.2, 0.25) is 0 Å². The van der Waals surface area contributed by atoms with Gasteiger partial charge in [0.1, 0.15) is 5.75 Å². The zero-order chi connectivity index (χ0) is 19.2. The molecule has 1 fully saturated rings. The van der Waals surface area contributed by atoms with E-state index < -0.39 is 0 Å². The highest BCUT2D eigenvalue weighted by atomic mass is 16.5.